The van der Waals surface area contributed by atoms with Crippen molar-refractivity contribution in [2.75, 3.05) is 42.9 Å². The lowest BCUT2D eigenvalue weighted by molar-refractivity contribution is 0.0139. The maximum absolute atomic E-state index is 13.0. The number of rotatable bonds is 7. The first-order valence-electron chi connectivity index (χ1n) is 12.6. The SMILES string of the molecule is C[C@H](Nc1ncc2c(n1)N(CC(F)F)C(=O)OC2)c1ccc(CN2CCN(C(=O)OC(C)(C)C)CC2)cc1. The fourth-order valence-electron chi connectivity index (χ4n) is 4.27. The Labute approximate surface area is 220 Å². The van der Waals surface area contributed by atoms with Gasteiger partial charge < -0.3 is 19.7 Å². The van der Waals surface area contributed by atoms with Crippen LogP contribution >= 0.6 is 0 Å². The van der Waals surface area contributed by atoms with E-state index in [9.17, 15) is 18.4 Å². The first-order chi connectivity index (χ1) is 18.0. The highest BCUT2D eigenvalue weighted by Gasteiger charge is 2.30. The van der Waals surface area contributed by atoms with E-state index in [1.165, 1.54) is 6.20 Å². The third-order valence-corrected chi connectivity index (χ3v) is 6.24. The number of alkyl halides is 2. The summed E-state index contributed by atoms with van der Waals surface area (Å²) in [4.78, 5) is 37.7. The first kappa shape index (κ1) is 27.5. The van der Waals surface area contributed by atoms with Crippen molar-refractivity contribution in [1.82, 2.24) is 19.8 Å². The normalized spacial score (nSPS) is 17.2. The summed E-state index contributed by atoms with van der Waals surface area (Å²) < 4.78 is 36.3. The molecule has 1 aromatic heterocycles. The molecule has 3 heterocycles. The number of carbonyl (C=O) groups is 2. The molecule has 0 unspecified atom stereocenters. The summed E-state index contributed by atoms with van der Waals surface area (Å²) in [5.74, 6) is 0.366. The summed E-state index contributed by atoms with van der Waals surface area (Å²) in [7, 11) is 0. The van der Waals surface area contributed by atoms with E-state index in [2.05, 4.69) is 32.3 Å². The van der Waals surface area contributed by atoms with Gasteiger partial charge in [0, 0.05) is 38.9 Å². The number of hydrogen-bond donors (Lipinski definition) is 1. The van der Waals surface area contributed by atoms with Gasteiger partial charge >= 0.3 is 12.2 Å². The van der Waals surface area contributed by atoms with Crippen molar-refractivity contribution in [2.24, 2.45) is 0 Å². The van der Waals surface area contributed by atoms with Gasteiger partial charge in [-0.15, -0.1) is 0 Å². The van der Waals surface area contributed by atoms with E-state index >= 15 is 0 Å². The van der Waals surface area contributed by atoms with E-state index in [-0.39, 0.29) is 30.5 Å². The number of cyclic esters (lactones) is 1. The smallest absolute Gasteiger partial charge is 0.416 e. The Morgan fingerprint density at radius 1 is 1.16 bits per heavy atom. The van der Waals surface area contributed by atoms with Crippen LogP contribution in [0.3, 0.4) is 0 Å². The van der Waals surface area contributed by atoms with E-state index < -0.39 is 24.7 Å². The highest BCUT2D eigenvalue weighted by molar-refractivity contribution is 5.89. The summed E-state index contributed by atoms with van der Waals surface area (Å²) in [5, 5.41) is 3.18. The number of carbonyl (C=O) groups excluding carboxylic acids is 2. The van der Waals surface area contributed by atoms with Crippen LogP contribution in [0.2, 0.25) is 0 Å². The van der Waals surface area contributed by atoms with Crippen LogP contribution in [0.25, 0.3) is 0 Å². The van der Waals surface area contributed by atoms with Gasteiger partial charge in [-0.05, 0) is 38.8 Å². The number of ether oxygens (including phenoxy) is 2. The van der Waals surface area contributed by atoms with Gasteiger partial charge in [-0.1, -0.05) is 24.3 Å². The summed E-state index contributed by atoms with van der Waals surface area (Å²) in [6, 6.07) is 7.98. The lowest BCUT2D eigenvalue weighted by atomic mass is 10.1. The zero-order valence-corrected chi connectivity index (χ0v) is 22.1. The van der Waals surface area contributed by atoms with Crippen molar-refractivity contribution in [3.05, 3.63) is 47.2 Å². The molecule has 1 saturated heterocycles. The predicted octanol–water partition coefficient (Wildman–Crippen LogP) is 4.42. The average Bonchev–Trinajstić information content (AvgIpc) is 2.85. The van der Waals surface area contributed by atoms with Crippen LogP contribution < -0.4 is 10.2 Å². The van der Waals surface area contributed by atoms with Gasteiger partial charge in [0.25, 0.3) is 6.43 Å². The van der Waals surface area contributed by atoms with Gasteiger partial charge in [0.2, 0.25) is 5.95 Å². The molecular weight excluding hydrogens is 498 g/mol. The third kappa shape index (κ3) is 7.06. The maximum Gasteiger partial charge on any atom is 0.416 e. The summed E-state index contributed by atoms with van der Waals surface area (Å²) >= 11 is 0. The van der Waals surface area contributed by atoms with Crippen LogP contribution in [-0.2, 0) is 22.6 Å². The van der Waals surface area contributed by atoms with Gasteiger partial charge in [-0.2, -0.15) is 4.98 Å². The molecule has 0 radical (unpaired) electrons. The molecule has 206 valence electrons. The number of fused-ring (bicyclic) bond motifs is 1. The van der Waals surface area contributed by atoms with E-state index in [4.69, 9.17) is 9.47 Å². The van der Waals surface area contributed by atoms with E-state index in [0.717, 1.165) is 35.7 Å². The molecule has 1 N–H and O–H groups in total. The molecule has 2 aliphatic rings. The van der Waals surface area contributed by atoms with Gasteiger partial charge in [0.1, 0.15) is 18.0 Å². The monoisotopic (exact) mass is 532 g/mol. The standard InChI is InChI=1S/C26H34F2N6O4/c1-17(30-23-29-13-20-16-37-25(36)34(15-21(27)28)22(20)31-23)19-7-5-18(6-8-19)14-32-9-11-33(12-10-32)24(35)38-26(2,3)4/h5-8,13,17,21H,9-12,14-16H2,1-4H3,(H,29,30,31)/t17-/m0/s1. The molecule has 1 fully saturated rings. The Morgan fingerprint density at radius 2 is 1.84 bits per heavy atom. The molecule has 0 bridgehead atoms. The minimum atomic E-state index is -2.72. The third-order valence-electron chi connectivity index (χ3n) is 6.24. The minimum absolute atomic E-state index is 0.0543. The Bertz CT molecular complexity index is 1130. The summed E-state index contributed by atoms with van der Waals surface area (Å²) in [6.07, 6.45) is -2.36. The maximum atomic E-state index is 13.0. The number of benzene rings is 1. The molecule has 38 heavy (non-hydrogen) atoms. The molecule has 0 saturated carbocycles. The first-order valence-corrected chi connectivity index (χ1v) is 12.6. The summed E-state index contributed by atoms with van der Waals surface area (Å²) in [5.41, 5.74) is 2.11. The topological polar surface area (TPSA) is 100 Å². The van der Waals surface area contributed by atoms with Crippen molar-refractivity contribution < 1.29 is 27.8 Å². The van der Waals surface area contributed by atoms with Crippen molar-refractivity contribution in [3.63, 3.8) is 0 Å². The minimum Gasteiger partial charge on any atom is -0.444 e. The lowest BCUT2D eigenvalue weighted by Gasteiger charge is -2.35. The van der Waals surface area contributed by atoms with Crippen LogP contribution in [0.4, 0.5) is 30.1 Å². The fourth-order valence-corrected chi connectivity index (χ4v) is 4.27. The Balaban J connectivity index is 1.32. The van der Waals surface area contributed by atoms with Gasteiger partial charge in [-0.25, -0.2) is 23.4 Å². The zero-order chi connectivity index (χ0) is 27.4. The second-order valence-corrected chi connectivity index (χ2v) is 10.4. The van der Waals surface area contributed by atoms with Crippen molar-refractivity contribution in [3.8, 4) is 0 Å². The molecule has 10 nitrogen and oxygen atoms in total. The van der Waals surface area contributed by atoms with Gasteiger partial charge in [0.05, 0.1) is 18.2 Å². The van der Waals surface area contributed by atoms with Crippen LogP contribution in [0.15, 0.2) is 30.5 Å². The zero-order valence-electron chi connectivity index (χ0n) is 22.1. The summed E-state index contributed by atoms with van der Waals surface area (Å²) in [6.45, 7) is 10.2. The second-order valence-electron chi connectivity index (χ2n) is 10.4. The molecule has 0 aliphatic carbocycles. The van der Waals surface area contributed by atoms with E-state index in [0.29, 0.717) is 18.7 Å². The average molecular weight is 533 g/mol. The lowest BCUT2D eigenvalue weighted by Crippen LogP contribution is -2.49. The molecule has 12 heteroatoms. The van der Waals surface area contributed by atoms with E-state index in [1.807, 2.05) is 39.8 Å². The molecule has 4 rings (SSSR count). The number of amides is 2. The highest BCUT2D eigenvalue weighted by Crippen LogP contribution is 2.27. The van der Waals surface area contributed by atoms with Crippen LogP contribution in [0.5, 0.6) is 0 Å². The number of nitrogens with zero attached hydrogens (tertiary/aromatic N) is 5. The van der Waals surface area contributed by atoms with Gasteiger partial charge in [0.15, 0.2) is 0 Å². The molecule has 2 aliphatic heterocycles. The molecule has 0 spiro atoms. The molecule has 2 amide bonds. The molecule has 2 aromatic rings. The Morgan fingerprint density at radius 3 is 2.47 bits per heavy atom. The van der Waals surface area contributed by atoms with Crippen LogP contribution in [0.1, 0.15) is 50.4 Å². The molecular formula is C26H34F2N6O4. The number of hydrogen-bond acceptors (Lipinski definition) is 8. The van der Waals surface area contributed by atoms with Crippen molar-refractivity contribution in [2.45, 2.75) is 58.9 Å². The second kappa shape index (κ2) is 11.5. The number of aromatic nitrogens is 2. The predicted molar refractivity (Wildman–Crippen MR) is 137 cm³/mol. The number of halogens is 2. The van der Waals surface area contributed by atoms with Crippen molar-refractivity contribution in [1.29, 1.82) is 0 Å². The van der Waals surface area contributed by atoms with E-state index in [1.54, 1.807) is 4.90 Å². The van der Waals surface area contributed by atoms with Crippen LogP contribution in [0, 0.1) is 0 Å². The quantitative estimate of drug-likeness (QED) is 0.559. The number of anilines is 2. The number of piperazine rings is 1. The number of nitrogens with one attached hydrogen (secondary N) is 1. The Kier molecular flexibility index (Phi) is 8.29. The Hall–Kier alpha value is -3.54. The van der Waals surface area contributed by atoms with Crippen molar-refractivity contribution >= 4 is 24.0 Å². The fraction of sp³-hybridized carbons (Fsp3) is 0.538. The van der Waals surface area contributed by atoms with Crippen LogP contribution in [-0.4, -0.2) is 76.7 Å². The highest BCUT2D eigenvalue weighted by atomic mass is 19.3. The van der Waals surface area contributed by atoms with Gasteiger partial charge in [-0.3, -0.25) is 9.80 Å². The molecule has 1 aromatic carbocycles. The largest absolute Gasteiger partial charge is 0.444 e. The molecule has 1 atom stereocenters.